The Bertz CT molecular complexity index is 588. The van der Waals surface area contributed by atoms with E-state index in [1.807, 2.05) is 31.2 Å². The van der Waals surface area contributed by atoms with Crippen molar-refractivity contribution in [1.82, 2.24) is 4.98 Å². The van der Waals surface area contributed by atoms with Crippen LogP contribution >= 0.6 is 11.8 Å². The van der Waals surface area contributed by atoms with Crippen molar-refractivity contribution in [2.75, 3.05) is 0 Å². The van der Waals surface area contributed by atoms with E-state index in [-0.39, 0.29) is 5.84 Å². The highest BCUT2D eigenvalue weighted by Gasteiger charge is 2.06. The van der Waals surface area contributed by atoms with Gasteiger partial charge in [0.15, 0.2) is 0 Å². The molecule has 0 amide bonds. The van der Waals surface area contributed by atoms with Gasteiger partial charge in [-0.05, 0) is 37.1 Å². The zero-order valence-electron chi connectivity index (χ0n) is 11.1. The third-order valence-corrected chi connectivity index (χ3v) is 3.72. The van der Waals surface area contributed by atoms with Crippen molar-refractivity contribution in [1.29, 1.82) is 5.41 Å². The zero-order valence-corrected chi connectivity index (χ0v) is 11.9. The molecular weight excluding hydrogens is 254 g/mol. The fourth-order valence-corrected chi connectivity index (χ4v) is 2.97. The second-order valence-electron chi connectivity index (χ2n) is 4.48. The van der Waals surface area contributed by atoms with Crippen molar-refractivity contribution in [3.8, 4) is 0 Å². The first-order valence-corrected chi connectivity index (χ1v) is 7.05. The lowest BCUT2D eigenvalue weighted by Gasteiger charge is -2.08. The van der Waals surface area contributed by atoms with E-state index < -0.39 is 0 Å². The summed E-state index contributed by atoms with van der Waals surface area (Å²) in [5.74, 6) is 0.885. The molecule has 0 fully saturated rings. The van der Waals surface area contributed by atoms with Crippen molar-refractivity contribution in [3.05, 3.63) is 58.8 Å². The summed E-state index contributed by atoms with van der Waals surface area (Å²) in [5.41, 5.74) is 9.71. The van der Waals surface area contributed by atoms with Crippen molar-refractivity contribution in [2.45, 2.75) is 24.6 Å². The summed E-state index contributed by atoms with van der Waals surface area (Å²) >= 11 is 1.67. The second-order valence-corrected chi connectivity index (χ2v) is 5.48. The smallest absolute Gasteiger partial charge is 0.123 e. The molecule has 2 aromatic rings. The summed E-state index contributed by atoms with van der Waals surface area (Å²) in [7, 11) is 0. The molecule has 3 nitrogen and oxygen atoms in total. The largest absolute Gasteiger partial charge is 0.384 e. The average Bonchev–Trinajstić information content (AvgIpc) is 2.35. The Balaban J connectivity index is 2.16. The maximum absolute atomic E-state index is 7.58. The Morgan fingerprint density at radius 3 is 2.68 bits per heavy atom. The molecule has 0 aliphatic heterocycles. The molecule has 0 saturated heterocycles. The fraction of sp³-hybridized carbons (Fsp3) is 0.200. The third-order valence-electron chi connectivity index (χ3n) is 2.76. The van der Waals surface area contributed by atoms with Gasteiger partial charge in [0.25, 0.3) is 0 Å². The molecule has 1 aromatic heterocycles. The first kappa shape index (κ1) is 13.6. The Morgan fingerprint density at radius 1 is 1.26 bits per heavy atom. The first-order chi connectivity index (χ1) is 9.06. The second kappa shape index (κ2) is 5.89. The number of thioether (sulfide) groups is 1. The number of hydrogen-bond acceptors (Lipinski definition) is 3. The number of pyridine rings is 1. The summed E-state index contributed by atoms with van der Waals surface area (Å²) < 4.78 is 0. The number of hydrogen-bond donors (Lipinski definition) is 2. The summed E-state index contributed by atoms with van der Waals surface area (Å²) in [6.07, 6.45) is 0. The van der Waals surface area contributed by atoms with E-state index in [0.29, 0.717) is 0 Å². The molecule has 0 bridgehead atoms. The Kier molecular flexibility index (Phi) is 4.22. The average molecular weight is 271 g/mol. The highest BCUT2D eigenvalue weighted by molar-refractivity contribution is 7.98. The standard InChI is InChI=1S/C15H17N3S/c1-10-7-11(2)18-14(8-10)19-9-12-5-3-4-6-13(12)15(16)17/h3-8H,9H2,1-2H3,(H3,16,17). The van der Waals surface area contributed by atoms with E-state index in [1.165, 1.54) is 5.56 Å². The van der Waals surface area contributed by atoms with E-state index in [2.05, 4.69) is 24.0 Å². The Morgan fingerprint density at radius 2 is 2.00 bits per heavy atom. The van der Waals surface area contributed by atoms with Crippen LogP contribution in [0.5, 0.6) is 0 Å². The lowest BCUT2D eigenvalue weighted by atomic mass is 10.1. The third kappa shape index (κ3) is 3.58. The summed E-state index contributed by atoms with van der Waals surface area (Å²) in [6, 6.07) is 11.9. The number of nitrogen functional groups attached to an aromatic ring is 1. The van der Waals surface area contributed by atoms with Gasteiger partial charge in [-0.25, -0.2) is 4.98 Å². The maximum Gasteiger partial charge on any atom is 0.123 e. The van der Waals surface area contributed by atoms with Crippen LogP contribution in [0, 0.1) is 19.3 Å². The predicted octanol–water partition coefficient (Wildman–Crippen LogP) is 3.27. The highest BCUT2D eigenvalue weighted by Crippen LogP contribution is 2.24. The van der Waals surface area contributed by atoms with Crippen molar-refractivity contribution >= 4 is 17.6 Å². The summed E-state index contributed by atoms with van der Waals surface area (Å²) in [4.78, 5) is 4.50. The minimum atomic E-state index is 0.115. The monoisotopic (exact) mass is 271 g/mol. The number of nitrogens with zero attached hydrogens (tertiary/aromatic N) is 1. The van der Waals surface area contributed by atoms with Gasteiger partial charge in [0.1, 0.15) is 5.84 Å². The van der Waals surface area contributed by atoms with Gasteiger partial charge in [0, 0.05) is 17.0 Å². The van der Waals surface area contributed by atoms with E-state index in [4.69, 9.17) is 11.1 Å². The lowest BCUT2D eigenvalue weighted by molar-refractivity contribution is 1.05. The van der Waals surface area contributed by atoms with Gasteiger partial charge in [-0.2, -0.15) is 0 Å². The van der Waals surface area contributed by atoms with Crippen molar-refractivity contribution in [2.24, 2.45) is 5.73 Å². The van der Waals surface area contributed by atoms with E-state index in [0.717, 1.165) is 27.6 Å². The van der Waals surface area contributed by atoms with Gasteiger partial charge in [0.2, 0.25) is 0 Å². The molecule has 0 spiro atoms. The topological polar surface area (TPSA) is 62.8 Å². The van der Waals surface area contributed by atoms with Gasteiger partial charge < -0.3 is 5.73 Å². The summed E-state index contributed by atoms with van der Waals surface area (Å²) in [6.45, 7) is 4.07. The van der Waals surface area contributed by atoms with Gasteiger partial charge in [-0.1, -0.05) is 24.3 Å². The molecule has 0 atom stereocenters. The van der Waals surface area contributed by atoms with Crippen LogP contribution in [0.4, 0.5) is 0 Å². The molecule has 0 aliphatic carbocycles. The van der Waals surface area contributed by atoms with Crippen LogP contribution in [0.3, 0.4) is 0 Å². The molecule has 1 aromatic carbocycles. The molecule has 98 valence electrons. The van der Waals surface area contributed by atoms with Gasteiger partial charge in [-0.15, -0.1) is 11.8 Å². The fourth-order valence-electron chi connectivity index (χ4n) is 1.94. The number of amidine groups is 1. The Labute approximate surface area is 117 Å². The SMILES string of the molecule is Cc1cc(C)nc(SCc2ccccc2C(=N)N)c1. The minimum Gasteiger partial charge on any atom is -0.384 e. The van der Waals surface area contributed by atoms with E-state index in [9.17, 15) is 0 Å². The minimum absolute atomic E-state index is 0.115. The summed E-state index contributed by atoms with van der Waals surface area (Å²) in [5, 5.41) is 8.59. The molecule has 0 radical (unpaired) electrons. The zero-order chi connectivity index (χ0) is 13.8. The van der Waals surface area contributed by atoms with Gasteiger partial charge in [-0.3, -0.25) is 5.41 Å². The number of aryl methyl sites for hydroxylation is 2. The molecule has 1 heterocycles. The number of rotatable bonds is 4. The molecule has 19 heavy (non-hydrogen) atoms. The Hall–Kier alpha value is -1.81. The number of benzene rings is 1. The quantitative estimate of drug-likeness (QED) is 0.509. The van der Waals surface area contributed by atoms with Crippen LogP contribution < -0.4 is 5.73 Å². The number of nitrogens with one attached hydrogen (secondary N) is 1. The van der Waals surface area contributed by atoms with E-state index in [1.54, 1.807) is 11.8 Å². The molecule has 0 aliphatic rings. The van der Waals surface area contributed by atoms with Crippen LogP contribution in [0.1, 0.15) is 22.4 Å². The van der Waals surface area contributed by atoms with Crippen molar-refractivity contribution < 1.29 is 0 Å². The number of nitrogens with two attached hydrogens (primary N) is 1. The van der Waals surface area contributed by atoms with Crippen LogP contribution in [-0.4, -0.2) is 10.8 Å². The number of aromatic nitrogens is 1. The normalized spacial score (nSPS) is 10.4. The highest BCUT2D eigenvalue weighted by atomic mass is 32.2. The van der Waals surface area contributed by atoms with Crippen LogP contribution in [0.25, 0.3) is 0 Å². The molecular formula is C15H17N3S. The van der Waals surface area contributed by atoms with Crippen LogP contribution in [0.2, 0.25) is 0 Å². The van der Waals surface area contributed by atoms with Gasteiger partial charge in [0.05, 0.1) is 5.03 Å². The maximum atomic E-state index is 7.58. The van der Waals surface area contributed by atoms with Gasteiger partial charge >= 0.3 is 0 Å². The molecule has 4 heteroatoms. The van der Waals surface area contributed by atoms with Crippen LogP contribution in [-0.2, 0) is 5.75 Å². The van der Waals surface area contributed by atoms with Crippen LogP contribution in [0.15, 0.2) is 41.4 Å². The van der Waals surface area contributed by atoms with Crippen molar-refractivity contribution in [3.63, 3.8) is 0 Å². The molecule has 3 N–H and O–H groups in total. The first-order valence-electron chi connectivity index (χ1n) is 6.06. The predicted molar refractivity (Wildman–Crippen MR) is 80.7 cm³/mol. The molecule has 0 saturated carbocycles. The van der Waals surface area contributed by atoms with E-state index >= 15 is 0 Å². The molecule has 0 unspecified atom stereocenters. The lowest BCUT2D eigenvalue weighted by Crippen LogP contribution is -2.13. The molecule has 2 rings (SSSR count).